The highest BCUT2D eigenvalue weighted by Crippen LogP contribution is 2.33. The van der Waals surface area contributed by atoms with Gasteiger partial charge in [0.05, 0.1) is 24.2 Å². The molecule has 0 bridgehead atoms. The van der Waals surface area contributed by atoms with Crippen molar-refractivity contribution in [3.05, 3.63) is 20.8 Å². The molecule has 1 aromatic heterocycles. The number of carbonyl (C=O) groups excluding carboxylic acids is 1. The molecule has 0 spiro atoms. The van der Waals surface area contributed by atoms with Crippen molar-refractivity contribution in [2.24, 2.45) is 5.41 Å². The number of rotatable bonds is 2. The van der Waals surface area contributed by atoms with Gasteiger partial charge >= 0.3 is 0 Å². The summed E-state index contributed by atoms with van der Waals surface area (Å²) in [4.78, 5) is 12.5. The standard InChI is InChI=1S/C9H6BrNO2S/c10-6-1-7(14-2-6)8(12)9(3-11)4-13-5-9/h1-2H,4-5H2. The van der Waals surface area contributed by atoms with Crippen LogP contribution in [0.3, 0.4) is 0 Å². The number of hydrogen-bond acceptors (Lipinski definition) is 4. The molecule has 2 heterocycles. The molecular formula is C9H6BrNO2S. The van der Waals surface area contributed by atoms with Gasteiger partial charge in [0.15, 0.2) is 11.2 Å². The number of halogens is 1. The van der Waals surface area contributed by atoms with Crippen LogP contribution in [0.1, 0.15) is 9.67 Å². The predicted molar refractivity (Wildman–Crippen MR) is 55.2 cm³/mol. The summed E-state index contributed by atoms with van der Waals surface area (Å²) >= 11 is 4.62. The summed E-state index contributed by atoms with van der Waals surface area (Å²) in [5, 5.41) is 10.7. The molecule has 5 heteroatoms. The van der Waals surface area contributed by atoms with Crippen LogP contribution in [0.15, 0.2) is 15.9 Å². The molecule has 0 radical (unpaired) electrons. The second-order valence-corrected chi connectivity index (χ2v) is 4.97. The molecule has 14 heavy (non-hydrogen) atoms. The number of thiophene rings is 1. The SMILES string of the molecule is N#CC1(C(=O)c2cc(Br)cs2)COC1. The summed E-state index contributed by atoms with van der Waals surface area (Å²) in [5.74, 6) is -0.123. The monoisotopic (exact) mass is 271 g/mol. The van der Waals surface area contributed by atoms with Gasteiger partial charge in [0, 0.05) is 9.85 Å². The van der Waals surface area contributed by atoms with Crippen molar-refractivity contribution >= 4 is 33.0 Å². The van der Waals surface area contributed by atoms with E-state index in [0.717, 1.165) is 4.47 Å². The van der Waals surface area contributed by atoms with Gasteiger partial charge in [0.2, 0.25) is 0 Å². The van der Waals surface area contributed by atoms with E-state index in [1.807, 2.05) is 11.4 Å². The van der Waals surface area contributed by atoms with E-state index in [1.165, 1.54) is 11.3 Å². The summed E-state index contributed by atoms with van der Waals surface area (Å²) in [6, 6.07) is 3.78. The van der Waals surface area contributed by atoms with Crippen molar-refractivity contribution in [2.45, 2.75) is 0 Å². The van der Waals surface area contributed by atoms with Crippen LogP contribution in [0.4, 0.5) is 0 Å². The van der Waals surface area contributed by atoms with Crippen molar-refractivity contribution in [3.8, 4) is 6.07 Å². The molecule has 3 nitrogen and oxygen atoms in total. The largest absolute Gasteiger partial charge is 0.377 e. The van der Waals surface area contributed by atoms with E-state index in [-0.39, 0.29) is 19.0 Å². The van der Waals surface area contributed by atoms with Gasteiger partial charge in [0.1, 0.15) is 0 Å². The Balaban J connectivity index is 2.28. The molecule has 2 rings (SSSR count). The quantitative estimate of drug-likeness (QED) is 0.776. The Morgan fingerprint density at radius 3 is 2.79 bits per heavy atom. The lowest BCUT2D eigenvalue weighted by atomic mass is 9.82. The Morgan fingerprint density at radius 1 is 1.71 bits per heavy atom. The minimum absolute atomic E-state index is 0.123. The molecule has 0 saturated carbocycles. The summed E-state index contributed by atoms with van der Waals surface area (Å²) in [6.07, 6.45) is 0. The first-order valence-corrected chi connectivity index (χ1v) is 5.63. The van der Waals surface area contributed by atoms with Crippen LogP contribution < -0.4 is 0 Å². The van der Waals surface area contributed by atoms with Crippen LogP contribution >= 0.6 is 27.3 Å². The van der Waals surface area contributed by atoms with Crippen LogP contribution in [0.5, 0.6) is 0 Å². The summed E-state index contributed by atoms with van der Waals surface area (Å²) < 4.78 is 5.80. The third-order valence-electron chi connectivity index (χ3n) is 2.14. The first kappa shape index (κ1) is 9.84. The van der Waals surface area contributed by atoms with Gasteiger partial charge < -0.3 is 4.74 Å². The lowest BCUT2D eigenvalue weighted by molar-refractivity contribution is -0.0564. The number of ether oxygens (including phenoxy) is 1. The van der Waals surface area contributed by atoms with Gasteiger partial charge in [-0.3, -0.25) is 4.79 Å². The molecule has 0 unspecified atom stereocenters. The lowest BCUT2D eigenvalue weighted by Gasteiger charge is -2.32. The molecule has 0 amide bonds. The smallest absolute Gasteiger partial charge is 0.197 e. The zero-order valence-electron chi connectivity index (χ0n) is 7.12. The molecule has 1 aliphatic rings. The highest BCUT2D eigenvalue weighted by molar-refractivity contribution is 9.10. The van der Waals surface area contributed by atoms with Gasteiger partial charge in [-0.15, -0.1) is 11.3 Å². The molecule has 0 atom stereocenters. The molecule has 72 valence electrons. The van der Waals surface area contributed by atoms with Crippen molar-refractivity contribution in [2.75, 3.05) is 13.2 Å². The van der Waals surface area contributed by atoms with E-state index in [4.69, 9.17) is 10.00 Å². The van der Waals surface area contributed by atoms with E-state index >= 15 is 0 Å². The number of nitriles is 1. The lowest BCUT2D eigenvalue weighted by Crippen LogP contribution is -2.47. The van der Waals surface area contributed by atoms with E-state index in [2.05, 4.69) is 15.9 Å². The van der Waals surface area contributed by atoms with Crippen molar-refractivity contribution in [1.82, 2.24) is 0 Å². The number of Topliss-reactive ketones (excluding diaryl/α,β-unsaturated/α-hetero) is 1. The maximum absolute atomic E-state index is 11.9. The highest BCUT2D eigenvalue weighted by Gasteiger charge is 2.47. The van der Waals surface area contributed by atoms with Crippen molar-refractivity contribution in [3.63, 3.8) is 0 Å². The first-order valence-electron chi connectivity index (χ1n) is 3.96. The van der Waals surface area contributed by atoms with Gasteiger partial charge in [-0.1, -0.05) is 0 Å². The van der Waals surface area contributed by atoms with E-state index < -0.39 is 5.41 Å². The molecule has 1 aromatic rings. The average molecular weight is 272 g/mol. The Kier molecular flexibility index (Phi) is 2.43. The third kappa shape index (κ3) is 1.40. The van der Waals surface area contributed by atoms with Gasteiger partial charge in [0.25, 0.3) is 0 Å². The Hall–Kier alpha value is -0.700. The van der Waals surface area contributed by atoms with E-state index in [1.54, 1.807) is 6.07 Å². The molecule has 1 saturated heterocycles. The predicted octanol–water partition coefficient (Wildman–Crippen LogP) is 2.23. The van der Waals surface area contributed by atoms with Crippen LogP contribution in [-0.4, -0.2) is 19.0 Å². The Bertz CT molecular complexity index is 417. The zero-order chi connectivity index (χ0) is 10.2. The molecule has 1 fully saturated rings. The Morgan fingerprint density at radius 2 is 2.43 bits per heavy atom. The normalized spacial score (nSPS) is 18.3. The van der Waals surface area contributed by atoms with Gasteiger partial charge in [-0.05, 0) is 22.0 Å². The second-order valence-electron chi connectivity index (χ2n) is 3.15. The van der Waals surface area contributed by atoms with Crippen LogP contribution in [0.25, 0.3) is 0 Å². The minimum atomic E-state index is -0.926. The van der Waals surface area contributed by atoms with Crippen molar-refractivity contribution in [1.29, 1.82) is 5.26 Å². The molecule has 1 aliphatic heterocycles. The molecule has 0 aromatic carbocycles. The van der Waals surface area contributed by atoms with Gasteiger partial charge in [-0.2, -0.15) is 5.26 Å². The summed E-state index contributed by atoms with van der Waals surface area (Å²) in [5.41, 5.74) is -0.926. The molecule has 0 N–H and O–H groups in total. The first-order chi connectivity index (χ1) is 6.68. The maximum atomic E-state index is 11.9. The van der Waals surface area contributed by atoms with Gasteiger partial charge in [-0.25, -0.2) is 0 Å². The highest BCUT2D eigenvalue weighted by atomic mass is 79.9. The number of ketones is 1. The fourth-order valence-electron chi connectivity index (χ4n) is 1.22. The summed E-state index contributed by atoms with van der Waals surface area (Å²) in [6.45, 7) is 0.440. The van der Waals surface area contributed by atoms with Crippen LogP contribution in [0, 0.1) is 16.7 Å². The Labute approximate surface area is 93.4 Å². The maximum Gasteiger partial charge on any atom is 0.197 e. The number of carbonyl (C=O) groups is 1. The number of hydrogen-bond donors (Lipinski definition) is 0. The van der Waals surface area contributed by atoms with E-state index in [0.29, 0.717) is 4.88 Å². The zero-order valence-corrected chi connectivity index (χ0v) is 9.52. The van der Waals surface area contributed by atoms with Crippen LogP contribution in [0.2, 0.25) is 0 Å². The van der Waals surface area contributed by atoms with Crippen LogP contribution in [-0.2, 0) is 4.74 Å². The average Bonchev–Trinajstić information content (AvgIpc) is 2.50. The second kappa shape index (κ2) is 3.46. The summed E-state index contributed by atoms with van der Waals surface area (Å²) in [7, 11) is 0. The fraction of sp³-hybridized carbons (Fsp3) is 0.333. The fourth-order valence-corrected chi connectivity index (χ4v) is 2.69. The minimum Gasteiger partial charge on any atom is -0.377 e. The number of nitrogens with zero attached hydrogens (tertiary/aromatic N) is 1. The van der Waals surface area contributed by atoms with Crippen molar-refractivity contribution < 1.29 is 9.53 Å². The molecular weight excluding hydrogens is 266 g/mol. The third-order valence-corrected chi connectivity index (χ3v) is 3.83. The van der Waals surface area contributed by atoms with E-state index in [9.17, 15) is 4.79 Å². The molecule has 0 aliphatic carbocycles. The topological polar surface area (TPSA) is 50.1 Å².